The summed E-state index contributed by atoms with van der Waals surface area (Å²) >= 11 is 0. The lowest BCUT2D eigenvalue weighted by molar-refractivity contribution is -0.394. The molecule has 8 heteroatoms. The van der Waals surface area contributed by atoms with E-state index in [1.165, 1.54) is 0 Å². The third kappa shape index (κ3) is 2.63. The van der Waals surface area contributed by atoms with Gasteiger partial charge >= 0.3 is 5.97 Å². The highest BCUT2D eigenvalue weighted by molar-refractivity contribution is 5.91. The Kier molecular flexibility index (Phi) is 3.51. The van der Waals surface area contributed by atoms with Crippen LogP contribution in [0.4, 0.5) is 11.4 Å². The Balaban J connectivity index is 1.82. The molecule has 0 heterocycles. The highest BCUT2D eigenvalue weighted by Gasteiger charge is 2.42. The average molecular weight is 306 g/mol. The number of esters is 1. The standard InChI is InChI=1S/C14H14N2O6/c17-14(22-13-4-8-1-2-9(13)3-8)10-5-11(15(18)19)7-12(6-10)16(20)21/h5-9,13H,1-4H2/t8-,9+,13+/m0/s1. The van der Waals surface area contributed by atoms with Crippen LogP contribution in [0.25, 0.3) is 0 Å². The number of nitrogens with zero attached hydrogens (tertiary/aromatic N) is 2. The van der Waals surface area contributed by atoms with Crippen molar-refractivity contribution in [1.29, 1.82) is 0 Å². The first-order valence-corrected chi connectivity index (χ1v) is 7.09. The number of non-ortho nitro benzene ring substituents is 2. The maximum Gasteiger partial charge on any atom is 0.338 e. The molecule has 2 saturated carbocycles. The Bertz CT molecular complexity index is 626. The zero-order valence-corrected chi connectivity index (χ0v) is 11.6. The van der Waals surface area contributed by atoms with Crippen LogP contribution in [0.15, 0.2) is 18.2 Å². The number of hydrogen-bond donors (Lipinski definition) is 0. The third-order valence-electron chi connectivity index (χ3n) is 4.49. The summed E-state index contributed by atoms with van der Waals surface area (Å²) in [6.45, 7) is 0. The molecule has 2 fully saturated rings. The highest BCUT2D eigenvalue weighted by Crippen LogP contribution is 2.46. The molecule has 0 N–H and O–H groups in total. The van der Waals surface area contributed by atoms with Crippen LogP contribution in [-0.2, 0) is 4.74 Å². The zero-order valence-electron chi connectivity index (χ0n) is 11.6. The topological polar surface area (TPSA) is 113 Å². The van der Waals surface area contributed by atoms with Crippen molar-refractivity contribution < 1.29 is 19.4 Å². The lowest BCUT2D eigenvalue weighted by Gasteiger charge is -2.21. The normalized spacial score (nSPS) is 25.9. The first-order valence-electron chi connectivity index (χ1n) is 7.09. The van der Waals surface area contributed by atoms with Gasteiger partial charge in [-0.15, -0.1) is 0 Å². The molecule has 3 atom stereocenters. The van der Waals surface area contributed by atoms with Gasteiger partial charge in [-0.1, -0.05) is 0 Å². The Labute approximate surface area is 125 Å². The predicted molar refractivity (Wildman–Crippen MR) is 74.4 cm³/mol. The summed E-state index contributed by atoms with van der Waals surface area (Å²) in [7, 11) is 0. The van der Waals surface area contributed by atoms with Gasteiger partial charge in [0.1, 0.15) is 6.10 Å². The molecule has 2 aliphatic carbocycles. The zero-order chi connectivity index (χ0) is 15.9. The minimum absolute atomic E-state index is 0.149. The predicted octanol–water partition coefficient (Wildman–Crippen LogP) is 2.85. The first-order chi connectivity index (χ1) is 10.4. The molecular formula is C14H14N2O6. The van der Waals surface area contributed by atoms with Crippen LogP contribution in [0.3, 0.4) is 0 Å². The highest BCUT2D eigenvalue weighted by atomic mass is 16.6. The van der Waals surface area contributed by atoms with Crippen LogP contribution in [-0.4, -0.2) is 21.9 Å². The van der Waals surface area contributed by atoms with Crippen LogP contribution in [0, 0.1) is 32.1 Å². The number of rotatable bonds is 4. The van der Waals surface area contributed by atoms with Crippen molar-refractivity contribution in [2.75, 3.05) is 0 Å². The molecule has 0 radical (unpaired) electrons. The van der Waals surface area contributed by atoms with Crippen molar-refractivity contribution in [3.63, 3.8) is 0 Å². The van der Waals surface area contributed by atoms with Gasteiger partial charge in [-0.25, -0.2) is 4.79 Å². The molecule has 0 spiro atoms. The number of carbonyl (C=O) groups is 1. The van der Waals surface area contributed by atoms with Gasteiger partial charge in [0.15, 0.2) is 0 Å². The second-order valence-corrected chi connectivity index (χ2v) is 5.87. The van der Waals surface area contributed by atoms with Gasteiger partial charge in [-0.3, -0.25) is 20.2 Å². The van der Waals surface area contributed by atoms with Crippen molar-refractivity contribution in [3.8, 4) is 0 Å². The van der Waals surface area contributed by atoms with E-state index in [2.05, 4.69) is 0 Å². The van der Waals surface area contributed by atoms with Crippen molar-refractivity contribution in [3.05, 3.63) is 44.0 Å². The molecule has 0 saturated heterocycles. The molecule has 3 rings (SSSR count). The molecule has 1 aromatic rings. The summed E-state index contributed by atoms with van der Waals surface area (Å²) in [5, 5.41) is 21.7. The summed E-state index contributed by atoms with van der Waals surface area (Å²) in [5.41, 5.74) is -1.13. The van der Waals surface area contributed by atoms with Gasteiger partial charge in [-0.2, -0.15) is 0 Å². The molecule has 0 aromatic heterocycles. The largest absolute Gasteiger partial charge is 0.458 e. The van der Waals surface area contributed by atoms with E-state index in [0.29, 0.717) is 11.8 Å². The second kappa shape index (κ2) is 5.36. The number of nitro groups is 2. The minimum Gasteiger partial charge on any atom is -0.458 e. The molecule has 2 aliphatic rings. The summed E-state index contributed by atoms with van der Waals surface area (Å²) in [6, 6.07) is 2.86. The van der Waals surface area contributed by atoms with E-state index in [4.69, 9.17) is 4.74 Å². The number of carbonyl (C=O) groups excluding carboxylic acids is 1. The summed E-state index contributed by atoms with van der Waals surface area (Å²) in [5.74, 6) is 0.203. The Morgan fingerprint density at radius 2 is 1.68 bits per heavy atom. The van der Waals surface area contributed by atoms with Crippen molar-refractivity contribution in [2.45, 2.75) is 31.8 Å². The van der Waals surface area contributed by atoms with Crippen LogP contribution in [0.2, 0.25) is 0 Å². The molecule has 22 heavy (non-hydrogen) atoms. The molecule has 0 unspecified atom stereocenters. The molecular weight excluding hydrogens is 292 g/mol. The van der Waals surface area contributed by atoms with Gasteiger partial charge in [-0.05, 0) is 37.5 Å². The maximum atomic E-state index is 12.2. The molecule has 8 nitrogen and oxygen atoms in total. The first kappa shape index (κ1) is 14.4. The lowest BCUT2D eigenvalue weighted by Crippen LogP contribution is -2.24. The molecule has 0 amide bonds. The third-order valence-corrected chi connectivity index (χ3v) is 4.49. The Morgan fingerprint density at radius 3 is 2.14 bits per heavy atom. The van der Waals surface area contributed by atoms with Crippen LogP contribution in [0.1, 0.15) is 36.0 Å². The number of nitro benzene ring substituents is 2. The van der Waals surface area contributed by atoms with Crippen molar-refractivity contribution >= 4 is 17.3 Å². The van der Waals surface area contributed by atoms with E-state index in [-0.39, 0.29) is 11.7 Å². The van der Waals surface area contributed by atoms with Gasteiger partial charge in [0.2, 0.25) is 0 Å². The maximum absolute atomic E-state index is 12.2. The van der Waals surface area contributed by atoms with Crippen LogP contribution < -0.4 is 0 Å². The van der Waals surface area contributed by atoms with E-state index >= 15 is 0 Å². The lowest BCUT2D eigenvalue weighted by atomic mass is 9.98. The van der Waals surface area contributed by atoms with E-state index in [0.717, 1.165) is 43.9 Å². The molecule has 116 valence electrons. The number of ether oxygens (including phenoxy) is 1. The van der Waals surface area contributed by atoms with Gasteiger partial charge in [0, 0.05) is 12.1 Å². The molecule has 0 aliphatic heterocycles. The van der Waals surface area contributed by atoms with E-state index < -0.39 is 27.2 Å². The fourth-order valence-electron chi connectivity index (χ4n) is 3.46. The summed E-state index contributed by atoms with van der Waals surface area (Å²) in [4.78, 5) is 32.3. The van der Waals surface area contributed by atoms with Gasteiger partial charge < -0.3 is 4.74 Å². The minimum atomic E-state index is -0.763. The fraction of sp³-hybridized carbons (Fsp3) is 0.500. The summed E-state index contributed by atoms with van der Waals surface area (Å²) < 4.78 is 5.42. The fourth-order valence-corrected chi connectivity index (χ4v) is 3.46. The number of fused-ring (bicyclic) bond motifs is 2. The second-order valence-electron chi connectivity index (χ2n) is 5.87. The number of benzene rings is 1. The number of hydrogen-bond acceptors (Lipinski definition) is 6. The van der Waals surface area contributed by atoms with Crippen LogP contribution in [0.5, 0.6) is 0 Å². The molecule has 2 bridgehead atoms. The average Bonchev–Trinajstić information content (AvgIpc) is 3.09. The van der Waals surface area contributed by atoms with Crippen LogP contribution >= 0.6 is 0 Å². The van der Waals surface area contributed by atoms with Crippen molar-refractivity contribution in [1.82, 2.24) is 0 Å². The Hall–Kier alpha value is -2.51. The SMILES string of the molecule is O=C(O[C@@H]1C[C@H]2CC[C@@H]1C2)c1cc([N+](=O)[O-])cc([N+](=O)[O-])c1. The van der Waals surface area contributed by atoms with Crippen molar-refractivity contribution in [2.24, 2.45) is 11.8 Å². The van der Waals surface area contributed by atoms with E-state index in [1.807, 2.05) is 0 Å². The van der Waals surface area contributed by atoms with E-state index in [9.17, 15) is 25.0 Å². The van der Waals surface area contributed by atoms with Gasteiger partial charge in [0.25, 0.3) is 11.4 Å². The molecule has 1 aromatic carbocycles. The van der Waals surface area contributed by atoms with Gasteiger partial charge in [0.05, 0.1) is 21.5 Å². The quantitative estimate of drug-likeness (QED) is 0.480. The summed E-state index contributed by atoms with van der Waals surface area (Å²) in [6.07, 6.45) is 3.86. The monoisotopic (exact) mass is 306 g/mol. The van der Waals surface area contributed by atoms with E-state index in [1.54, 1.807) is 0 Å². The smallest absolute Gasteiger partial charge is 0.338 e. The Morgan fingerprint density at radius 1 is 1.05 bits per heavy atom.